The average molecular weight is 417 g/mol. The van der Waals surface area contributed by atoms with Crippen molar-refractivity contribution in [2.75, 3.05) is 13.2 Å². The number of aliphatic hydroxyl groups is 1. The van der Waals surface area contributed by atoms with Crippen LogP contribution in [0.4, 0.5) is 0 Å². The molecular formula is C23H32N2O5. The van der Waals surface area contributed by atoms with Gasteiger partial charge in [-0.05, 0) is 38.2 Å². The molecule has 3 unspecified atom stereocenters. The maximum atomic E-state index is 13.0. The van der Waals surface area contributed by atoms with E-state index in [-0.39, 0.29) is 49.5 Å². The number of rotatable bonds is 6. The number of amides is 2. The second-order valence-corrected chi connectivity index (χ2v) is 7.73. The quantitative estimate of drug-likeness (QED) is 0.485. The van der Waals surface area contributed by atoms with Gasteiger partial charge in [-0.25, -0.2) is 0 Å². The molecule has 0 saturated carbocycles. The molecule has 1 aromatic carbocycles. The molecule has 0 aliphatic carbocycles. The first-order chi connectivity index (χ1) is 14.5. The van der Waals surface area contributed by atoms with Gasteiger partial charge in [0, 0.05) is 18.9 Å². The van der Waals surface area contributed by atoms with Crippen LogP contribution in [-0.2, 0) is 25.5 Å². The molecule has 0 aromatic heterocycles. The second kappa shape index (κ2) is 12.8. The Morgan fingerprint density at radius 2 is 2.03 bits per heavy atom. The summed E-state index contributed by atoms with van der Waals surface area (Å²) in [6, 6.07) is 8.93. The SMILES string of the molecule is CC(CO)NC(=O)CC1CC=CCCCC(=O)OCC(Cc2ccccc2)NC1=O. The van der Waals surface area contributed by atoms with Crippen molar-refractivity contribution < 1.29 is 24.2 Å². The smallest absolute Gasteiger partial charge is 0.305 e. The molecule has 3 atom stereocenters. The van der Waals surface area contributed by atoms with Gasteiger partial charge in [0.1, 0.15) is 6.61 Å². The predicted octanol–water partition coefficient (Wildman–Crippen LogP) is 1.89. The zero-order valence-electron chi connectivity index (χ0n) is 17.5. The van der Waals surface area contributed by atoms with Gasteiger partial charge in [0.15, 0.2) is 0 Å². The molecular weight excluding hydrogens is 384 g/mol. The van der Waals surface area contributed by atoms with E-state index in [0.29, 0.717) is 32.1 Å². The number of hydrogen-bond donors (Lipinski definition) is 3. The van der Waals surface area contributed by atoms with Crippen LogP contribution in [-0.4, -0.2) is 48.2 Å². The zero-order valence-corrected chi connectivity index (χ0v) is 17.5. The summed E-state index contributed by atoms with van der Waals surface area (Å²) in [6.07, 6.45) is 6.53. The van der Waals surface area contributed by atoms with Crippen LogP contribution in [0.15, 0.2) is 42.5 Å². The van der Waals surface area contributed by atoms with Crippen LogP contribution in [0, 0.1) is 5.92 Å². The summed E-state index contributed by atoms with van der Waals surface area (Å²) < 4.78 is 5.39. The highest BCUT2D eigenvalue weighted by molar-refractivity contribution is 5.86. The Morgan fingerprint density at radius 1 is 1.27 bits per heavy atom. The van der Waals surface area contributed by atoms with Crippen LogP contribution < -0.4 is 10.6 Å². The summed E-state index contributed by atoms with van der Waals surface area (Å²) in [5.74, 6) is -1.34. The summed E-state index contributed by atoms with van der Waals surface area (Å²) in [7, 11) is 0. The van der Waals surface area contributed by atoms with Crippen molar-refractivity contribution in [2.45, 2.75) is 57.5 Å². The first-order valence-corrected chi connectivity index (χ1v) is 10.5. The van der Waals surface area contributed by atoms with Gasteiger partial charge in [0.2, 0.25) is 11.8 Å². The van der Waals surface area contributed by atoms with Crippen molar-refractivity contribution in [3.05, 3.63) is 48.0 Å². The van der Waals surface area contributed by atoms with E-state index >= 15 is 0 Å². The number of nitrogens with one attached hydrogen (secondary N) is 2. The minimum absolute atomic E-state index is 0.0261. The second-order valence-electron chi connectivity index (χ2n) is 7.73. The largest absolute Gasteiger partial charge is 0.463 e. The lowest BCUT2D eigenvalue weighted by Gasteiger charge is -2.22. The van der Waals surface area contributed by atoms with Crippen molar-refractivity contribution >= 4 is 17.8 Å². The molecule has 0 spiro atoms. The van der Waals surface area contributed by atoms with E-state index < -0.39 is 5.92 Å². The number of aliphatic hydroxyl groups excluding tert-OH is 1. The molecule has 30 heavy (non-hydrogen) atoms. The van der Waals surface area contributed by atoms with Gasteiger partial charge in [-0.15, -0.1) is 0 Å². The Bertz CT molecular complexity index is 720. The van der Waals surface area contributed by atoms with Gasteiger partial charge in [-0.1, -0.05) is 42.5 Å². The average Bonchev–Trinajstić information content (AvgIpc) is 2.74. The van der Waals surface area contributed by atoms with Crippen LogP contribution in [0.3, 0.4) is 0 Å². The molecule has 2 amide bonds. The fraction of sp³-hybridized carbons (Fsp3) is 0.522. The normalized spacial score (nSPS) is 21.9. The van der Waals surface area contributed by atoms with E-state index in [4.69, 9.17) is 9.84 Å². The fourth-order valence-corrected chi connectivity index (χ4v) is 3.26. The van der Waals surface area contributed by atoms with Crippen molar-refractivity contribution in [1.82, 2.24) is 10.6 Å². The van der Waals surface area contributed by atoms with E-state index in [2.05, 4.69) is 10.6 Å². The Labute approximate surface area is 177 Å². The van der Waals surface area contributed by atoms with E-state index in [1.54, 1.807) is 6.92 Å². The molecule has 0 bridgehead atoms. The lowest BCUT2D eigenvalue weighted by Crippen LogP contribution is -2.45. The van der Waals surface area contributed by atoms with Crippen molar-refractivity contribution in [3.8, 4) is 0 Å². The number of allylic oxidation sites excluding steroid dienone is 2. The molecule has 1 heterocycles. The van der Waals surface area contributed by atoms with Crippen molar-refractivity contribution in [2.24, 2.45) is 5.92 Å². The Hall–Kier alpha value is -2.67. The third kappa shape index (κ3) is 8.78. The molecule has 164 valence electrons. The summed E-state index contributed by atoms with van der Waals surface area (Å²) in [5.41, 5.74) is 1.02. The molecule has 1 aromatic rings. The highest BCUT2D eigenvalue weighted by atomic mass is 16.5. The predicted molar refractivity (Wildman–Crippen MR) is 113 cm³/mol. The highest BCUT2D eigenvalue weighted by Crippen LogP contribution is 2.14. The molecule has 7 heteroatoms. The lowest BCUT2D eigenvalue weighted by molar-refractivity contribution is -0.145. The molecule has 0 radical (unpaired) electrons. The van der Waals surface area contributed by atoms with Gasteiger partial charge in [-0.2, -0.15) is 0 Å². The maximum Gasteiger partial charge on any atom is 0.305 e. The van der Waals surface area contributed by atoms with Crippen molar-refractivity contribution in [1.29, 1.82) is 0 Å². The Kier molecular flexibility index (Phi) is 10.1. The number of cyclic esters (lactones) is 1. The third-order valence-electron chi connectivity index (χ3n) is 4.94. The number of carbonyl (C=O) groups excluding carboxylic acids is 3. The summed E-state index contributed by atoms with van der Waals surface area (Å²) in [6.45, 7) is 1.63. The Balaban J connectivity index is 2.11. The first-order valence-electron chi connectivity index (χ1n) is 10.5. The summed E-state index contributed by atoms with van der Waals surface area (Å²) in [4.78, 5) is 37.2. The lowest BCUT2D eigenvalue weighted by atomic mass is 9.97. The molecule has 0 saturated heterocycles. The maximum absolute atomic E-state index is 13.0. The highest BCUT2D eigenvalue weighted by Gasteiger charge is 2.25. The minimum atomic E-state index is -0.540. The number of hydrogen-bond acceptors (Lipinski definition) is 5. The number of benzene rings is 1. The Morgan fingerprint density at radius 3 is 2.77 bits per heavy atom. The van der Waals surface area contributed by atoms with E-state index in [1.807, 2.05) is 42.5 Å². The van der Waals surface area contributed by atoms with Gasteiger partial charge in [0.25, 0.3) is 0 Å². The van der Waals surface area contributed by atoms with E-state index in [0.717, 1.165) is 5.56 Å². The molecule has 1 aliphatic rings. The molecule has 0 fully saturated rings. The first kappa shape index (κ1) is 23.6. The molecule has 3 N–H and O–H groups in total. The number of ether oxygens (including phenoxy) is 1. The van der Waals surface area contributed by atoms with Crippen LogP contribution >= 0.6 is 0 Å². The van der Waals surface area contributed by atoms with Crippen LogP contribution in [0.5, 0.6) is 0 Å². The number of esters is 1. The van der Waals surface area contributed by atoms with Gasteiger partial charge in [0.05, 0.1) is 18.6 Å². The molecule has 2 rings (SSSR count). The number of carbonyl (C=O) groups is 3. The van der Waals surface area contributed by atoms with Crippen LogP contribution in [0.2, 0.25) is 0 Å². The van der Waals surface area contributed by atoms with Gasteiger partial charge in [-0.3, -0.25) is 14.4 Å². The van der Waals surface area contributed by atoms with E-state index in [9.17, 15) is 14.4 Å². The van der Waals surface area contributed by atoms with Gasteiger partial charge >= 0.3 is 5.97 Å². The fourth-order valence-electron chi connectivity index (χ4n) is 3.26. The minimum Gasteiger partial charge on any atom is -0.463 e. The van der Waals surface area contributed by atoms with E-state index in [1.165, 1.54) is 0 Å². The summed E-state index contributed by atoms with van der Waals surface area (Å²) >= 11 is 0. The zero-order chi connectivity index (χ0) is 21.8. The molecule has 1 aliphatic heterocycles. The van der Waals surface area contributed by atoms with Crippen LogP contribution in [0.1, 0.15) is 44.6 Å². The summed E-state index contributed by atoms with van der Waals surface area (Å²) in [5, 5.41) is 14.8. The van der Waals surface area contributed by atoms with Crippen LogP contribution in [0.25, 0.3) is 0 Å². The van der Waals surface area contributed by atoms with Crippen molar-refractivity contribution in [3.63, 3.8) is 0 Å². The standard InChI is InChI=1S/C23H32N2O5/c1-17(15-26)24-21(27)14-19-11-7-2-3-8-12-22(28)30-16-20(25-23(19)29)13-18-9-5-4-6-10-18/h2,4-7,9-10,17,19-20,26H,3,8,11-16H2,1H3,(H,24,27)(H,25,29). The van der Waals surface area contributed by atoms with Gasteiger partial charge < -0.3 is 20.5 Å². The molecule has 7 nitrogen and oxygen atoms in total. The topological polar surface area (TPSA) is 105 Å². The monoisotopic (exact) mass is 416 g/mol. The third-order valence-corrected chi connectivity index (χ3v) is 4.94.